The third kappa shape index (κ3) is 2.30. The second-order valence-electron chi connectivity index (χ2n) is 3.99. The molecule has 2 aliphatic heterocycles. The molecule has 2 saturated heterocycles. The summed E-state index contributed by atoms with van der Waals surface area (Å²) in [4.78, 5) is 11.0. The van der Waals surface area contributed by atoms with Crippen molar-refractivity contribution in [2.45, 2.75) is 31.8 Å². The molecule has 0 spiro atoms. The van der Waals surface area contributed by atoms with E-state index in [0.717, 1.165) is 0 Å². The number of rotatable bonds is 2. The van der Waals surface area contributed by atoms with E-state index in [2.05, 4.69) is 11.7 Å². The van der Waals surface area contributed by atoms with Crippen LogP contribution in [0.25, 0.3) is 0 Å². The number of hydrogen-bond acceptors (Lipinski definition) is 5. The molecule has 2 rings (SSSR count). The number of esters is 1. The lowest BCUT2D eigenvalue weighted by Gasteiger charge is -2.32. The maximum atomic E-state index is 11.0. The number of methoxy groups -OCH3 is 1. The van der Waals surface area contributed by atoms with Gasteiger partial charge in [0.1, 0.15) is 6.10 Å². The minimum Gasteiger partial charge on any atom is -0.469 e. The Bertz CT molecular complexity index is 242. The van der Waals surface area contributed by atoms with Crippen molar-refractivity contribution in [1.82, 2.24) is 0 Å². The zero-order valence-electron chi connectivity index (χ0n) is 8.97. The highest BCUT2D eigenvalue weighted by Gasteiger charge is 2.41. The van der Waals surface area contributed by atoms with Gasteiger partial charge in [-0.1, -0.05) is 6.92 Å². The molecule has 2 fully saturated rings. The highest BCUT2D eigenvalue weighted by molar-refractivity contribution is 5.69. The Balaban J connectivity index is 1.88. The van der Waals surface area contributed by atoms with Crippen LogP contribution in [-0.4, -0.2) is 44.8 Å². The quantitative estimate of drug-likeness (QED) is 0.622. The van der Waals surface area contributed by atoms with Gasteiger partial charge in [0.2, 0.25) is 0 Å². The van der Waals surface area contributed by atoms with E-state index < -0.39 is 6.29 Å². The van der Waals surface area contributed by atoms with E-state index in [9.17, 15) is 4.79 Å². The molecule has 0 saturated carbocycles. The maximum absolute atomic E-state index is 11.0. The van der Waals surface area contributed by atoms with Crippen LogP contribution in [-0.2, 0) is 23.7 Å². The third-order valence-electron chi connectivity index (χ3n) is 2.82. The van der Waals surface area contributed by atoms with Crippen LogP contribution < -0.4 is 0 Å². The van der Waals surface area contributed by atoms with Gasteiger partial charge >= 0.3 is 5.97 Å². The number of ether oxygens (including phenoxy) is 4. The molecule has 0 radical (unpaired) electrons. The lowest BCUT2D eigenvalue weighted by atomic mass is 10.0. The Morgan fingerprint density at radius 3 is 2.93 bits per heavy atom. The van der Waals surface area contributed by atoms with E-state index in [-0.39, 0.29) is 24.6 Å². The van der Waals surface area contributed by atoms with Crippen molar-refractivity contribution in [2.24, 2.45) is 5.92 Å². The van der Waals surface area contributed by atoms with Crippen LogP contribution in [0.5, 0.6) is 0 Å². The SMILES string of the molecule is COC(=O)CC1OCC2OCC(C)C2O1. The lowest BCUT2D eigenvalue weighted by molar-refractivity contribution is -0.245. The normalized spacial score (nSPS) is 39.9. The van der Waals surface area contributed by atoms with Crippen LogP contribution in [0.4, 0.5) is 0 Å². The van der Waals surface area contributed by atoms with Gasteiger partial charge in [-0.05, 0) is 0 Å². The van der Waals surface area contributed by atoms with E-state index in [0.29, 0.717) is 19.1 Å². The Morgan fingerprint density at radius 1 is 1.40 bits per heavy atom. The van der Waals surface area contributed by atoms with Gasteiger partial charge < -0.3 is 18.9 Å². The predicted molar refractivity (Wildman–Crippen MR) is 50.2 cm³/mol. The molecule has 0 aromatic heterocycles. The molecule has 2 heterocycles. The molecule has 5 heteroatoms. The first kappa shape index (κ1) is 10.9. The van der Waals surface area contributed by atoms with Crippen molar-refractivity contribution in [1.29, 1.82) is 0 Å². The Hall–Kier alpha value is -0.650. The summed E-state index contributed by atoms with van der Waals surface area (Å²) in [6.45, 7) is 3.27. The van der Waals surface area contributed by atoms with Crippen LogP contribution in [0, 0.1) is 5.92 Å². The molecule has 5 nitrogen and oxygen atoms in total. The number of carbonyl (C=O) groups excluding carboxylic acids is 1. The average molecular weight is 216 g/mol. The number of fused-ring (bicyclic) bond motifs is 1. The van der Waals surface area contributed by atoms with E-state index in [1.54, 1.807) is 0 Å². The highest BCUT2D eigenvalue weighted by atomic mass is 16.7. The predicted octanol–water partition coefficient (Wildman–Crippen LogP) is 0.326. The van der Waals surface area contributed by atoms with Crippen molar-refractivity contribution >= 4 is 5.97 Å². The summed E-state index contributed by atoms with van der Waals surface area (Å²) in [7, 11) is 1.36. The summed E-state index contributed by atoms with van der Waals surface area (Å²) in [5.74, 6) is 0.0454. The Morgan fingerprint density at radius 2 is 2.20 bits per heavy atom. The zero-order chi connectivity index (χ0) is 10.8. The first-order valence-electron chi connectivity index (χ1n) is 5.16. The highest BCUT2D eigenvalue weighted by Crippen LogP contribution is 2.29. The maximum Gasteiger partial charge on any atom is 0.310 e. The van der Waals surface area contributed by atoms with Crippen molar-refractivity contribution in [3.63, 3.8) is 0 Å². The Kier molecular flexibility index (Phi) is 3.23. The first-order chi connectivity index (χ1) is 7.20. The van der Waals surface area contributed by atoms with Gasteiger partial charge in [0.15, 0.2) is 6.29 Å². The van der Waals surface area contributed by atoms with Gasteiger partial charge in [0.05, 0.1) is 32.8 Å². The largest absolute Gasteiger partial charge is 0.469 e. The van der Waals surface area contributed by atoms with Crippen LogP contribution in [0.1, 0.15) is 13.3 Å². The summed E-state index contributed by atoms with van der Waals surface area (Å²) >= 11 is 0. The topological polar surface area (TPSA) is 54.0 Å². The smallest absolute Gasteiger partial charge is 0.310 e. The number of hydrogen-bond donors (Lipinski definition) is 0. The zero-order valence-corrected chi connectivity index (χ0v) is 8.97. The molecule has 0 aliphatic carbocycles. The second-order valence-corrected chi connectivity index (χ2v) is 3.99. The minimum atomic E-state index is -0.483. The summed E-state index contributed by atoms with van der Waals surface area (Å²) in [6.07, 6.45) is -0.267. The fraction of sp³-hybridized carbons (Fsp3) is 0.900. The molecule has 0 amide bonds. The minimum absolute atomic E-state index is 0.0221. The molecule has 86 valence electrons. The summed E-state index contributed by atoms with van der Waals surface area (Å²) < 4.78 is 21.1. The second kappa shape index (κ2) is 4.47. The van der Waals surface area contributed by atoms with Crippen molar-refractivity contribution < 1.29 is 23.7 Å². The first-order valence-corrected chi connectivity index (χ1v) is 5.16. The van der Waals surface area contributed by atoms with Crippen LogP contribution in [0.2, 0.25) is 0 Å². The van der Waals surface area contributed by atoms with Crippen LogP contribution >= 0.6 is 0 Å². The molecular formula is C10H16O5. The monoisotopic (exact) mass is 216 g/mol. The molecule has 0 bridgehead atoms. The molecule has 2 aliphatic rings. The lowest BCUT2D eigenvalue weighted by Crippen LogP contribution is -2.44. The number of carbonyl (C=O) groups is 1. The van der Waals surface area contributed by atoms with Gasteiger partial charge in [0.25, 0.3) is 0 Å². The van der Waals surface area contributed by atoms with Crippen molar-refractivity contribution in [3.8, 4) is 0 Å². The van der Waals surface area contributed by atoms with Gasteiger partial charge in [-0.25, -0.2) is 0 Å². The summed E-state index contributed by atoms with van der Waals surface area (Å²) in [5, 5.41) is 0. The Labute approximate surface area is 88.6 Å². The summed E-state index contributed by atoms with van der Waals surface area (Å²) in [6, 6.07) is 0. The molecule has 0 aromatic rings. The van der Waals surface area contributed by atoms with Gasteiger partial charge in [-0.15, -0.1) is 0 Å². The molecule has 4 unspecified atom stereocenters. The fourth-order valence-corrected chi connectivity index (χ4v) is 1.94. The van der Waals surface area contributed by atoms with Crippen LogP contribution in [0.15, 0.2) is 0 Å². The van der Waals surface area contributed by atoms with Crippen molar-refractivity contribution in [2.75, 3.05) is 20.3 Å². The van der Waals surface area contributed by atoms with Crippen LogP contribution in [0.3, 0.4) is 0 Å². The van der Waals surface area contributed by atoms with E-state index in [4.69, 9.17) is 14.2 Å². The molecular weight excluding hydrogens is 200 g/mol. The molecule has 15 heavy (non-hydrogen) atoms. The van der Waals surface area contributed by atoms with Gasteiger partial charge in [-0.2, -0.15) is 0 Å². The standard InChI is InChI=1S/C10H16O5/c1-6-4-13-7-5-14-9(15-10(6)7)3-8(11)12-2/h6-7,9-10H,3-5H2,1-2H3. The van der Waals surface area contributed by atoms with E-state index >= 15 is 0 Å². The fourth-order valence-electron chi connectivity index (χ4n) is 1.94. The molecule has 0 N–H and O–H groups in total. The van der Waals surface area contributed by atoms with E-state index in [1.165, 1.54) is 7.11 Å². The molecule has 4 atom stereocenters. The third-order valence-corrected chi connectivity index (χ3v) is 2.82. The molecule has 0 aromatic carbocycles. The van der Waals surface area contributed by atoms with Crippen molar-refractivity contribution in [3.05, 3.63) is 0 Å². The van der Waals surface area contributed by atoms with Gasteiger partial charge in [-0.3, -0.25) is 4.79 Å². The van der Waals surface area contributed by atoms with Gasteiger partial charge in [0, 0.05) is 5.92 Å². The average Bonchev–Trinajstić information content (AvgIpc) is 2.60. The summed E-state index contributed by atoms with van der Waals surface area (Å²) in [5.41, 5.74) is 0. The van der Waals surface area contributed by atoms with E-state index in [1.807, 2.05) is 0 Å².